The molecular formula is C22H20O5S. The van der Waals surface area contributed by atoms with Crippen LogP contribution in [0.5, 0.6) is 0 Å². The van der Waals surface area contributed by atoms with Crippen LogP contribution in [-0.2, 0) is 13.8 Å². The molecule has 0 radical (unpaired) electrons. The van der Waals surface area contributed by atoms with Crippen molar-refractivity contribution >= 4 is 22.2 Å². The van der Waals surface area contributed by atoms with Gasteiger partial charge in [0.2, 0.25) is 0 Å². The fraction of sp³-hybridized carbons (Fsp3) is 0.0909. The van der Waals surface area contributed by atoms with Gasteiger partial charge in [-0.15, -0.1) is 0 Å². The molecule has 3 rings (SSSR count). The summed E-state index contributed by atoms with van der Waals surface area (Å²) in [7, 11) is -2.52. The quantitative estimate of drug-likeness (QED) is 0.623. The molecule has 144 valence electrons. The lowest BCUT2D eigenvalue weighted by Crippen LogP contribution is -2.27. The van der Waals surface area contributed by atoms with Crippen LogP contribution >= 0.6 is 10.3 Å². The number of aliphatic hydroxyl groups excluding tert-OH is 1. The van der Waals surface area contributed by atoms with E-state index in [0.29, 0.717) is 0 Å². The topological polar surface area (TPSA) is 83.8 Å². The zero-order valence-corrected chi connectivity index (χ0v) is 15.8. The van der Waals surface area contributed by atoms with Crippen molar-refractivity contribution in [2.45, 2.75) is 27.2 Å². The minimum absolute atomic E-state index is 0.716. The number of hydrogen-bond acceptors (Lipinski definition) is 4. The van der Waals surface area contributed by atoms with Gasteiger partial charge in [0.15, 0.2) is 6.10 Å². The molecule has 0 aliphatic rings. The van der Waals surface area contributed by atoms with Gasteiger partial charge in [-0.05, 0) is 46.7 Å². The first kappa shape index (κ1) is 19.7. The van der Waals surface area contributed by atoms with E-state index in [1.165, 1.54) is 0 Å². The molecule has 0 fully saturated rings. The highest BCUT2D eigenvalue weighted by Gasteiger charge is 2.37. The first-order valence-electron chi connectivity index (χ1n) is 8.66. The molecule has 0 heterocycles. The van der Waals surface area contributed by atoms with Gasteiger partial charge in [0, 0.05) is 14.7 Å². The third kappa shape index (κ3) is 4.08. The lowest BCUT2D eigenvalue weighted by Gasteiger charge is -2.40. The number of rotatable bonds is 7. The normalized spacial score (nSPS) is 12.8. The molecule has 0 bridgehead atoms. The first-order valence-corrected chi connectivity index (χ1v) is 10.2. The predicted molar refractivity (Wildman–Crippen MR) is 106 cm³/mol. The fourth-order valence-electron chi connectivity index (χ4n) is 2.82. The lowest BCUT2D eigenvalue weighted by atomic mass is 10.3. The van der Waals surface area contributed by atoms with Crippen LogP contribution < -0.4 is 0 Å². The second-order valence-electron chi connectivity index (χ2n) is 6.01. The molecule has 0 spiro atoms. The lowest BCUT2D eigenvalue weighted by molar-refractivity contribution is -0.150. The van der Waals surface area contributed by atoms with E-state index < -0.39 is 34.8 Å². The molecule has 1 unspecified atom stereocenters. The highest BCUT2D eigenvalue weighted by Crippen LogP contribution is 2.69. The number of benzene rings is 3. The highest BCUT2D eigenvalue weighted by molar-refractivity contribution is 8.30. The van der Waals surface area contributed by atoms with Crippen LogP contribution in [0.2, 0.25) is 0 Å². The molecule has 6 heteroatoms. The summed E-state index contributed by atoms with van der Waals surface area (Å²) in [5.74, 6) is -2.24. The van der Waals surface area contributed by atoms with Crippen molar-refractivity contribution in [3.63, 3.8) is 0 Å². The van der Waals surface area contributed by atoms with E-state index in [4.69, 9.17) is 9.29 Å². The number of hydrogen-bond donors (Lipinski definition) is 2. The van der Waals surface area contributed by atoms with Crippen molar-refractivity contribution in [1.82, 2.24) is 0 Å². The molecule has 2 N–H and O–H groups in total. The van der Waals surface area contributed by atoms with E-state index in [1.54, 1.807) is 0 Å². The van der Waals surface area contributed by atoms with Gasteiger partial charge in [0.05, 0.1) is 6.42 Å². The molecule has 3 aromatic rings. The van der Waals surface area contributed by atoms with E-state index in [1.807, 2.05) is 91.0 Å². The number of aliphatic hydroxyl groups is 1. The second-order valence-corrected chi connectivity index (χ2v) is 8.70. The van der Waals surface area contributed by atoms with E-state index in [-0.39, 0.29) is 0 Å². The zero-order valence-electron chi connectivity index (χ0n) is 15.0. The van der Waals surface area contributed by atoms with Gasteiger partial charge in [-0.3, -0.25) is 4.79 Å². The van der Waals surface area contributed by atoms with Gasteiger partial charge in [-0.25, -0.2) is 4.79 Å². The van der Waals surface area contributed by atoms with Crippen LogP contribution in [0.25, 0.3) is 0 Å². The molecule has 0 saturated heterocycles. The molecule has 0 amide bonds. The summed E-state index contributed by atoms with van der Waals surface area (Å²) in [6.45, 7) is 0. The highest BCUT2D eigenvalue weighted by atomic mass is 32.3. The average Bonchev–Trinajstić information content (AvgIpc) is 2.73. The molecule has 0 aliphatic carbocycles. The Hall–Kier alpha value is -3.09. The summed E-state index contributed by atoms with van der Waals surface area (Å²) < 4.78 is 5.99. The van der Waals surface area contributed by atoms with Crippen LogP contribution in [-0.4, -0.2) is 28.3 Å². The Bertz CT molecular complexity index is 832. The SMILES string of the molecule is O=C(O)CC(O)C(=O)OS(c1ccccc1)(c1ccccc1)c1ccccc1. The largest absolute Gasteiger partial charge is 0.481 e. The standard InChI is InChI=1S/C22H20O5S/c23-20(16-21(24)25)22(26)27-28(17-10-4-1-5-11-17,18-12-6-2-7-13-18)19-14-8-3-9-15-19/h1-15,20,23H,16H2,(H,24,25). The molecule has 5 nitrogen and oxygen atoms in total. The zero-order chi connectivity index (χ0) is 20.0. The summed E-state index contributed by atoms with van der Waals surface area (Å²) in [4.78, 5) is 25.9. The maximum atomic E-state index is 12.7. The number of carbonyl (C=O) groups is 2. The smallest absolute Gasteiger partial charge is 0.346 e. The van der Waals surface area contributed by atoms with Crippen molar-refractivity contribution in [1.29, 1.82) is 0 Å². The number of carbonyl (C=O) groups excluding carboxylic acids is 1. The fourth-order valence-corrected chi connectivity index (χ4v) is 5.90. The van der Waals surface area contributed by atoms with E-state index in [0.717, 1.165) is 14.7 Å². The Balaban J connectivity index is 2.19. The Labute approximate surface area is 164 Å². The van der Waals surface area contributed by atoms with E-state index in [2.05, 4.69) is 0 Å². The van der Waals surface area contributed by atoms with Crippen LogP contribution in [0.4, 0.5) is 0 Å². The second kappa shape index (κ2) is 8.73. The molecule has 0 aliphatic heterocycles. The van der Waals surface area contributed by atoms with Crippen molar-refractivity contribution < 1.29 is 24.0 Å². The van der Waals surface area contributed by atoms with Gasteiger partial charge in [-0.2, -0.15) is 0 Å². The minimum Gasteiger partial charge on any atom is -0.481 e. The van der Waals surface area contributed by atoms with E-state index in [9.17, 15) is 14.7 Å². The predicted octanol–water partition coefficient (Wildman–Crippen LogP) is 4.26. The van der Waals surface area contributed by atoms with Gasteiger partial charge >= 0.3 is 11.9 Å². The summed E-state index contributed by atoms with van der Waals surface area (Å²) >= 11 is 0. The third-order valence-corrected chi connectivity index (χ3v) is 7.29. The van der Waals surface area contributed by atoms with Crippen molar-refractivity contribution in [3.05, 3.63) is 91.0 Å². The number of aliphatic carboxylic acids is 1. The number of carboxylic acids is 1. The average molecular weight is 396 g/mol. The summed E-state index contributed by atoms with van der Waals surface area (Å²) in [5.41, 5.74) is 0. The number of carboxylic acid groups (broad SMARTS) is 1. The van der Waals surface area contributed by atoms with Crippen molar-refractivity contribution in [3.8, 4) is 0 Å². The van der Waals surface area contributed by atoms with Crippen molar-refractivity contribution in [2.75, 3.05) is 0 Å². The van der Waals surface area contributed by atoms with Crippen molar-refractivity contribution in [2.24, 2.45) is 0 Å². The van der Waals surface area contributed by atoms with Gasteiger partial charge in [0.1, 0.15) is 0 Å². The molecule has 0 saturated carbocycles. The molecular weight excluding hydrogens is 376 g/mol. The summed E-state index contributed by atoms with van der Waals surface area (Å²) in [6, 6.07) is 27.9. The van der Waals surface area contributed by atoms with Crippen LogP contribution in [0.3, 0.4) is 0 Å². The minimum atomic E-state index is -2.52. The van der Waals surface area contributed by atoms with Gasteiger partial charge in [-0.1, -0.05) is 54.6 Å². The molecule has 1 atom stereocenters. The molecule has 0 aromatic heterocycles. The van der Waals surface area contributed by atoms with Gasteiger partial charge < -0.3 is 14.4 Å². The van der Waals surface area contributed by atoms with Crippen LogP contribution in [0.1, 0.15) is 6.42 Å². The van der Waals surface area contributed by atoms with E-state index >= 15 is 0 Å². The monoisotopic (exact) mass is 396 g/mol. The Morgan fingerprint density at radius 2 is 1.11 bits per heavy atom. The van der Waals surface area contributed by atoms with Crippen LogP contribution in [0.15, 0.2) is 106 Å². The molecule has 3 aromatic carbocycles. The summed E-state index contributed by atoms with van der Waals surface area (Å²) in [5, 5.41) is 19.0. The maximum absolute atomic E-state index is 12.7. The summed E-state index contributed by atoms with van der Waals surface area (Å²) in [6.07, 6.45) is -2.47. The van der Waals surface area contributed by atoms with Gasteiger partial charge in [0.25, 0.3) is 0 Å². The maximum Gasteiger partial charge on any atom is 0.346 e. The third-order valence-electron chi connectivity index (χ3n) is 4.07. The Morgan fingerprint density at radius 3 is 1.43 bits per heavy atom. The Morgan fingerprint density at radius 1 is 0.750 bits per heavy atom. The Kier molecular flexibility index (Phi) is 6.13. The van der Waals surface area contributed by atoms with Crippen LogP contribution in [0, 0.1) is 0 Å². The molecule has 28 heavy (non-hydrogen) atoms. The first-order chi connectivity index (χ1) is 13.5.